The van der Waals surface area contributed by atoms with Crippen molar-refractivity contribution in [2.75, 3.05) is 13.2 Å². The molecule has 1 heterocycles. The van der Waals surface area contributed by atoms with Gasteiger partial charge in [0, 0.05) is 13.2 Å². The molecule has 1 saturated heterocycles. The Hall–Kier alpha value is -0.0400. The highest BCUT2D eigenvalue weighted by molar-refractivity contribution is 4.63. The average molecular weight is 98.1 g/mol. The maximum Gasteiger partial charge on any atom is 0.0495 e. The van der Waals surface area contributed by atoms with Crippen LogP contribution in [0.15, 0.2) is 0 Å². The van der Waals surface area contributed by atoms with Gasteiger partial charge in [-0.05, 0) is 25.7 Å². The van der Waals surface area contributed by atoms with E-state index in [0.717, 1.165) is 26.1 Å². The summed E-state index contributed by atoms with van der Waals surface area (Å²) in [5, 5.41) is 0. The number of rotatable bonds is 1. The fraction of sp³-hybridized carbons (Fsp3) is 0.833. The summed E-state index contributed by atoms with van der Waals surface area (Å²) in [5.74, 6) is 0.653. The van der Waals surface area contributed by atoms with Crippen molar-refractivity contribution in [1.82, 2.24) is 0 Å². The molecule has 1 rings (SSSR count). The lowest BCUT2D eigenvalue weighted by atomic mass is 10.1. The highest BCUT2D eigenvalue weighted by atomic mass is 16.5. The van der Waals surface area contributed by atoms with Gasteiger partial charge in [-0.2, -0.15) is 0 Å². The van der Waals surface area contributed by atoms with E-state index in [1.807, 2.05) is 0 Å². The Morgan fingerprint density at radius 1 is 1.71 bits per heavy atom. The van der Waals surface area contributed by atoms with Gasteiger partial charge in [-0.3, -0.25) is 0 Å². The molecule has 0 aromatic carbocycles. The molecule has 2 radical (unpaired) electrons. The van der Waals surface area contributed by atoms with Gasteiger partial charge in [0.05, 0.1) is 0 Å². The zero-order chi connectivity index (χ0) is 5.11. The van der Waals surface area contributed by atoms with Crippen LogP contribution in [-0.4, -0.2) is 13.2 Å². The molecular formula is C6H10O. The van der Waals surface area contributed by atoms with E-state index in [1.54, 1.807) is 0 Å². The molecule has 1 heteroatoms. The molecule has 1 fully saturated rings. The van der Waals surface area contributed by atoms with Crippen molar-refractivity contribution in [2.45, 2.75) is 12.8 Å². The summed E-state index contributed by atoms with van der Waals surface area (Å²) in [5.41, 5.74) is 0. The summed E-state index contributed by atoms with van der Waals surface area (Å²) < 4.78 is 5.07. The third kappa shape index (κ3) is 1.16. The van der Waals surface area contributed by atoms with Crippen molar-refractivity contribution in [2.24, 2.45) is 5.92 Å². The molecule has 0 bridgehead atoms. The molecule has 1 unspecified atom stereocenters. The standard InChI is InChI=1S/C6H10O/c1-2-6-3-4-7-5-6/h1,6H,2-5H2. The first kappa shape index (κ1) is 5.10. The third-order valence-corrected chi connectivity index (χ3v) is 1.36. The molecule has 0 aromatic heterocycles. The molecule has 0 aliphatic carbocycles. The molecule has 0 saturated carbocycles. The van der Waals surface area contributed by atoms with Crippen LogP contribution in [0.2, 0.25) is 0 Å². The van der Waals surface area contributed by atoms with Gasteiger partial charge in [-0.15, -0.1) is 0 Å². The summed E-state index contributed by atoms with van der Waals surface area (Å²) in [6.45, 7) is 7.16. The van der Waals surface area contributed by atoms with Gasteiger partial charge in [0.1, 0.15) is 0 Å². The van der Waals surface area contributed by atoms with Crippen LogP contribution in [0.3, 0.4) is 0 Å². The highest BCUT2D eigenvalue weighted by Gasteiger charge is 2.11. The van der Waals surface area contributed by atoms with E-state index in [0.29, 0.717) is 5.92 Å². The van der Waals surface area contributed by atoms with Crippen LogP contribution in [0, 0.1) is 12.8 Å². The van der Waals surface area contributed by atoms with E-state index in [4.69, 9.17) is 11.7 Å². The predicted molar refractivity (Wildman–Crippen MR) is 27.8 cm³/mol. The Bertz CT molecular complexity index is 46.1. The van der Waals surface area contributed by atoms with E-state index in [2.05, 4.69) is 0 Å². The van der Waals surface area contributed by atoms with Gasteiger partial charge in [-0.25, -0.2) is 0 Å². The van der Waals surface area contributed by atoms with Crippen molar-refractivity contribution < 1.29 is 4.74 Å². The van der Waals surface area contributed by atoms with Crippen LogP contribution in [-0.2, 0) is 4.74 Å². The van der Waals surface area contributed by atoms with Crippen LogP contribution < -0.4 is 0 Å². The lowest BCUT2D eigenvalue weighted by Crippen LogP contribution is -1.94. The first-order valence-corrected chi connectivity index (χ1v) is 2.71. The van der Waals surface area contributed by atoms with E-state index < -0.39 is 0 Å². The summed E-state index contributed by atoms with van der Waals surface area (Å²) in [6.07, 6.45) is 1.95. The predicted octanol–water partition coefficient (Wildman–Crippen LogP) is 1.12. The van der Waals surface area contributed by atoms with Crippen molar-refractivity contribution in [1.29, 1.82) is 0 Å². The van der Waals surface area contributed by atoms with Crippen molar-refractivity contribution in [3.05, 3.63) is 6.92 Å². The molecule has 0 aromatic rings. The third-order valence-electron chi connectivity index (χ3n) is 1.36. The van der Waals surface area contributed by atoms with E-state index >= 15 is 0 Å². The first-order chi connectivity index (χ1) is 3.43. The molecule has 1 nitrogen and oxygen atoms in total. The molecule has 0 spiro atoms. The zero-order valence-electron chi connectivity index (χ0n) is 4.39. The Morgan fingerprint density at radius 3 is 2.86 bits per heavy atom. The molecule has 7 heavy (non-hydrogen) atoms. The monoisotopic (exact) mass is 98.1 g/mol. The second-order valence-electron chi connectivity index (χ2n) is 1.97. The summed E-state index contributed by atoms with van der Waals surface area (Å²) in [4.78, 5) is 0. The number of hydrogen-bond acceptors (Lipinski definition) is 1. The summed E-state index contributed by atoms with van der Waals surface area (Å²) in [7, 11) is 0. The Labute approximate surface area is 44.7 Å². The van der Waals surface area contributed by atoms with Gasteiger partial charge in [0.25, 0.3) is 0 Å². The smallest absolute Gasteiger partial charge is 0.0495 e. The van der Waals surface area contributed by atoms with Crippen molar-refractivity contribution in [3.8, 4) is 0 Å². The van der Waals surface area contributed by atoms with Gasteiger partial charge < -0.3 is 4.74 Å². The van der Waals surface area contributed by atoms with Crippen LogP contribution in [0.25, 0.3) is 0 Å². The topological polar surface area (TPSA) is 9.23 Å². The Kier molecular flexibility index (Phi) is 1.69. The van der Waals surface area contributed by atoms with Gasteiger partial charge in [0.15, 0.2) is 0 Å². The average Bonchev–Trinajstić information content (AvgIpc) is 2.14. The maximum absolute atomic E-state index is 5.35. The van der Waals surface area contributed by atoms with E-state index in [-0.39, 0.29) is 0 Å². The lowest BCUT2D eigenvalue weighted by molar-refractivity contribution is 0.186. The van der Waals surface area contributed by atoms with Crippen LogP contribution in [0.1, 0.15) is 12.8 Å². The SMILES string of the molecule is [CH]CC1CCOC1. The Morgan fingerprint density at radius 2 is 2.57 bits per heavy atom. The molecule has 1 aliphatic rings. The van der Waals surface area contributed by atoms with Crippen LogP contribution >= 0.6 is 0 Å². The van der Waals surface area contributed by atoms with Crippen LogP contribution in [0.5, 0.6) is 0 Å². The fourth-order valence-electron chi connectivity index (χ4n) is 0.769. The minimum atomic E-state index is 0.653. The highest BCUT2D eigenvalue weighted by Crippen LogP contribution is 2.14. The summed E-state index contributed by atoms with van der Waals surface area (Å²) >= 11 is 0. The van der Waals surface area contributed by atoms with Gasteiger partial charge in [0.2, 0.25) is 0 Å². The van der Waals surface area contributed by atoms with Gasteiger partial charge >= 0.3 is 0 Å². The molecule has 0 N–H and O–H groups in total. The number of ether oxygens (including phenoxy) is 1. The lowest BCUT2D eigenvalue weighted by Gasteiger charge is -1.97. The molecule has 1 atom stereocenters. The van der Waals surface area contributed by atoms with Crippen molar-refractivity contribution >= 4 is 0 Å². The second kappa shape index (κ2) is 2.31. The second-order valence-corrected chi connectivity index (χ2v) is 1.97. The largest absolute Gasteiger partial charge is 0.381 e. The van der Waals surface area contributed by atoms with Gasteiger partial charge in [-0.1, -0.05) is 0 Å². The minimum Gasteiger partial charge on any atom is -0.381 e. The Balaban J connectivity index is 2.14. The zero-order valence-corrected chi connectivity index (χ0v) is 4.39. The molecule has 40 valence electrons. The van der Waals surface area contributed by atoms with E-state index in [1.165, 1.54) is 0 Å². The quantitative estimate of drug-likeness (QED) is 0.477. The fourth-order valence-corrected chi connectivity index (χ4v) is 0.769. The maximum atomic E-state index is 5.35. The molecule has 1 aliphatic heterocycles. The number of hydrogen-bond donors (Lipinski definition) is 0. The van der Waals surface area contributed by atoms with Crippen molar-refractivity contribution in [3.63, 3.8) is 0 Å². The molecular weight excluding hydrogens is 88.1 g/mol. The summed E-state index contributed by atoms with van der Waals surface area (Å²) in [6, 6.07) is 0. The minimum absolute atomic E-state index is 0.653. The first-order valence-electron chi connectivity index (χ1n) is 2.71. The normalized spacial score (nSPS) is 31.3. The van der Waals surface area contributed by atoms with Crippen LogP contribution in [0.4, 0.5) is 0 Å². The molecule has 0 amide bonds. The van der Waals surface area contributed by atoms with E-state index in [9.17, 15) is 0 Å².